The highest BCUT2D eigenvalue weighted by Crippen LogP contribution is 2.26. The molecule has 0 fully saturated rings. The van der Waals surface area contributed by atoms with Crippen LogP contribution in [0.25, 0.3) is 0 Å². The van der Waals surface area contributed by atoms with E-state index in [0.717, 1.165) is 0 Å². The molecule has 18 heavy (non-hydrogen) atoms. The van der Waals surface area contributed by atoms with Crippen molar-refractivity contribution >= 4 is 23.6 Å². The second-order valence-corrected chi connectivity index (χ2v) is 3.71. The lowest BCUT2D eigenvalue weighted by Crippen LogP contribution is -2.21. The molecule has 1 aliphatic heterocycles. The average Bonchev–Trinajstić information content (AvgIpc) is 2.55. The second kappa shape index (κ2) is 4.10. The fraction of sp³-hybridized carbons (Fsp3) is 0.273. The van der Waals surface area contributed by atoms with Crippen molar-refractivity contribution in [3.63, 3.8) is 0 Å². The van der Waals surface area contributed by atoms with Crippen molar-refractivity contribution < 1.29 is 19.1 Å². The number of amides is 2. The maximum Gasteiger partial charge on any atom is 0.340 e. The predicted octanol–water partition coefficient (Wildman–Crippen LogP) is 0.0325. The molecule has 0 spiro atoms. The Hall–Kier alpha value is -2.44. The van der Waals surface area contributed by atoms with Gasteiger partial charge in [-0.15, -0.1) is 0 Å². The van der Waals surface area contributed by atoms with Crippen molar-refractivity contribution in [3.8, 4) is 0 Å². The van der Waals surface area contributed by atoms with Crippen molar-refractivity contribution in [2.24, 2.45) is 0 Å². The largest absolute Gasteiger partial charge is 0.462 e. The summed E-state index contributed by atoms with van der Waals surface area (Å²) in [7, 11) is 0. The normalized spacial score (nSPS) is 13.2. The van der Waals surface area contributed by atoms with E-state index < -0.39 is 17.8 Å². The zero-order valence-electron chi connectivity index (χ0n) is 9.86. The summed E-state index contributed by atoms with van der Waals surface area (Å²) in [5.41, 5.74) is 5.73. The van der Waals surface area contributed by atoms with Crippen LogP contribution in [0.3, 0.4) is 0 Å². The molecule has 0 aromatic carbocycles. The molecule has 1 aliphatic rings. The quantitative estimate of drug-likeness (QED) is 0.565. The van der Waals surface area contributed by atoms with Crippen molar-refractivity contribution in [3.05, 3.63) is 22.4 Å². The number of nitrogen functional groups attached to an aromatic ring is 1. The number of carbonyl (C=O) groups excluding carboxylic acids is 3. The maximum absolute atomic E-state index is 11.8. The Bertz CT molecular complexity index is 580. The highest BCUT2D eigenvalue weighted by atomic mass is 16.5. The SMILES string of the molecule is CCOC(=O)c1c(C)nc(N)c2c1C(=O)NC2=O. The van der Waals surface area contributed by atoms with Gasteiger partial charge in [0.1, 0.15) is 5.82 Å². The van der Waals surface area contributed by atoms with Crippen LogP contribution in [0.2, 0.25) is 0 Å². The van der Waals surface area contributed by atoms with Crippen LogP contribution in [0.4, 0.5) is 5.82 Å². The first kappa shape index (κ1) is 12.0. The zero-order chi connectivity index (χ0) is 13.4. The number of nitrogens with zero attached hydrogens (tertiary/aromatic N) is 1. The number of imide groups is 1. The Morgan fingerprint density at radius 3 is 2.56 bits per heavy atom. The number of nitrogens with two attached hydrogens (primary N) is 1. The van der Waals surface area contributed by atoms with Gasteiger partial charge in [-0.1, -0.05) is 0 Å². The van der Waals surface area contributed by atoms with E-state index in [4.69, 9.17) is 10.5 Å². The van der Waals surface area contributed by atoms with Gasteiger partial charge in [-0.25, -0.2) is 9.78 Å². The van der Waals surface area contributed by atoms with E-state index in [9.17, 15) is 14.4 Å². The lowest BCUT2D eigenvalue weighted by molar-refractivity contribution is 0.0521. The number of aromatic nitrogens is 1. The van der Waals surface area contributed by atoms with E-state index in [1.54, 1.807) is 6.92 Å². The van der Waals surface area contributed by atoms with Gasteiger partial charge < -0.3 is 10.5 Å². The van der Waals surface area contributed by atoms with Crippen LogP contribution in [0.15, 0.2) is 0 Å². The molecule has 0 radical (unpaired) electrons. The number of ether oxygens (including phenoxy) is 1. The minimum atomic E-state index is -0.691. The molecular weight excluding hydrogens is 238 g/mol. The average molecular weight is 249 g/mol. The molecule has 3 N–H and O–H groups in total. The number of pyridine rings is 1. The summed E-state index contributed by atoms with van der Waals surface area (Å²) in [5.74, 6) is -2.07. The van der Waals surface area contributed by atoms with Crippen LogP contribution in [0.1, 0.15) is 43.7 Å². The molecule has 7 nitrogen and oxygen atoms in total. The van der Waals surface area contributed by atoms with Crippen LogP contribution in [0, 0.1) is 6.92 Å². The number of rotatable bonds is 2. The van der Waals surface area contributed by atoms with Crippen molar-refractivity contribution in [2.75, 3.05) is 12.3 Å². The van der Waals surface area contributed by atoms with Crippen LogP contribution in [0.5, 0.6) is 0 Å². The molecule has 94 valence electrons. The number of hydrogen-bond acceptors (Lipinski definition) is 6. The zero-order valence-corrected chi connectivity index (χ0v) is 9.86. The summed E-state index contributed by atoms with van der Waals surface area (Å²) in [6.07, 6.45) is 0. The number of hydrogen-bond donors (Lipinski definition) is 2. The Kier molecular flexibility index (Phi) is 2.74. The van der Waals surface area contributed by atoms with E-state index in [0.29, 0.717) is 0 Å². The lowest BCUT2D eigenvalue weighted by atomic mass is 10.0. The molecule has 0 saturated heterocycles. The number of esters is 1. The molecule has 1 aromatic heterocycles. The third-order valence-corrected chi connectivity index (χ3v) is 2.57. The third-order valence-electron chi connectivity index (χ3n) is 2.57. The van der Waals surface area contributed by atoms with Gasteiger partial charge in [-0.3, -0.25) is 14.9 Å². The van der Waals surface area contributed by atoms with E-state index in [-0.39, 0.29) is 34.8 Å². The van der Waals surface area contributed by atoms with Crippen LogP contribution in [-0.4, -0.2) is 29.4 Å². The van der Waals surface area contributed by atoms with Crippen molar-refractivity contribution in [2.45, 2.75) is 13.8 Å². The number of carbonyl (C=O) groups is 3. The first-order valence-electron chi connectivity index (χ1n) is 5.30. The molecule has 1 aromatic rings. The van der Waals surface area contributed by atoms with E-state index in [1.807, 2.05) is 0 Å². The summed E-state index contributed by atoms with van der Waals surface area (Å²) in [5, 5.41) is 2.08. The van der Waals surface area contributed by atoms with Crippen LogP contribution < -0.4 is 11.1 Å². The smallest absolute Gasteiger partial charge is 0.340 e. The van der Waals surface area contributed by atoms with E-state index >= 15 is 0 Å². The first-order valence-corrected chi connectivity index (χ1v) is 5.30. The number of aryl methyl sites for hydroxylation is 1. The molecule has 0 saturated carbocycles. The minimum Gasteiger partial charge on any atom is -0.462 e. The Morgan fingerprint density at radius 2 is 1.94 bits per heavy atom. The predicted molar refractivity (Wildman–Crippen MR) is 61.1 cm³/mol. The third kappa shape index (κ3) is 1.60. The second-order valence-electron chi connectivity index (χ2n) is 3.71. The van der Waals surface area contributed by atoms with Gasteiger partial charge in [0.25, 0.3) is 11.8 Å². The molecule has 7 heteroatoms. The lowest BCUT2D eigenvalue weighted by Gasteiger charge is -2.09. The molecule has 2 amide bonds. The summed E-state index contributed by atoms with van der Waals surface area (Å²) < 4.78 is 4.85. The highest BCUT2D eigenvalue weighted by Gasteiger charge is 2.36. The van der Waals surface area contributed by atoms with Gasteiger partial charge in [-0.2, -0.15) is 0 Å². The van der Waals surface area contributed by atoms with Crippen molar-refractivity contribution in [1.82, 2.24) is 10.3 Å². The summed E-state index contributed by atoms with van der Waals surface area (Å²) in [4.78, 5) is 38.9. The molecule has 2 heterocycles. The number of anilines is 1. The first-order chi connectivity index (χ1) is 8.47. The molecule has 2 rings (SSSR count). The molecule has 0 aliphatic carbocycles. The summed E-state index contributed by atoms with van der Waals surface area (Å²) in [6, 6.07) is 0. The van der Waals surface area contributed by atoms with Gasteiger partial charge in [0.05, 0.1) is 29.0 Å². The van der Waals surface area contributed by atoms with Gasteiger partial charge in [-0.05, 0) is 13.8 Å². The van der Waals surface area contributed by atoms with E-state index in [2.05, 4.69) is 10.3 Å². The Morgan fingerprint density at radius 1 is 1.33 bits per heavy atom. The Labute approximate surface area is 102 Å². The molecule has 0 unspecified atom stereocenters. The maximum atomic E-state index is 11.8. The number of nitrogens with one attached hydrogen (secondary N) is 1. The highest BCUT2D eigenvalue weighted by molar-refractivity contribution is 6.26. The monoisotopic (exact) mass is 249 g/mol. The molecule has 0 atom stereocenters. The van der Waals surface area contributed by atoms with Gasteiger partial charge in [0, 0.05) is 0 Å². The van der Waals surface area contributed by atoms with Gasteiger partial charge in [0.15, 0.2) is 0 Å². The minimum absolute atomic E-state index is 0.00981. The Balaban J connectivity index is 2.72. The fourth-order valence-electron chi connectivity index (χ4n) is 1.86. The summed E-state index contributed by atoms with van der Waals surface area (Å²) in [6.45, 7) is 3.33. The topological polar surface area (TPSA) is 111 Å². The van der Waals surface area contributed by atoms with Gasteiger partial charge in [0.2, 0.25) is 0 Å². The van der Waals surface area contributed by atoms with Crippen LogP contribution in [-0.2, 0) is 4.74 Å². The van der Waals surface area contributed by atoms with Crippen LogP contribution >= 0.6 is 0 Å². The van der Waals surface area contributed by atoms with Gasteiger partial charge >= 0.3 is 5.97 Å². The van der Waals surface area contributed by atoms with Crippen molar-refractivity contribution in [1.29, 1.82) is 0 Å². The molecular formula is C11H11N3O4. The van der Waals surface area contributed by atoms with E-state index in [1.165, 1.54) is 6.92 Å². The summed E-state index contributed by atoms with van der Waals surface area (Å²) >= 11 is 0. The molecule has 0 bridgehead atoms. The fourth-order valence-corrected chi connectivity index (χ4v) is 1.86. The standard InChI is InChI=1S/C11H11N3O4/c1-3-18-11(17)5-4(2)13-8(12)7-6(5)9(15)14-10(7)16/h3H2,1-2H3,(H2,12,13)(H,14,15,16). The number of fused-ring (bicyclic) bond motifs is 1.